The first-order valence-corrected chi connectivity index (χ1v) is 9.18. The second-order valence-corrected chi connectivity index (χ2v) is 7.05. The lowest BCUT2D eigenvalue weighted by Gasteiger charge is -2.21. The molecule has 3 rings (SSSR count). The van der Waals surface area contributed by atoms with Crippen LogP contribution in [0.25, 0.3) is 9.69 Å². The molecule has 0 heterocycles. The Bertz CT molecular complexity index is 989. The van der Waals surface area contributed by atoms with Crippen molar-refractivity contribution in [3.05, 3.63) is 102 Å². The minimum atomic E-state index is -3.88. The standard InChI is InChI=1S/C20H13N2O3P/c1-21-17-12-6-8-14-19(17)24-26(23,16-10-4-3-5-11-16)25-20-15-9-7-13-18(20)22-2/h3-15H. The Morgan fingerprint density at radius 1 is 0.654 bits per heavy atom. The summed E-state index contributed by atoms with van der Waals surface area (Å²) < 4.78 is 25.1. The van der Waals surface area contributed by atoms with Gasteiger partial charge in [-0.2, -0.15) is 0 Å². The van der Waals surface area contributed by atoms with Crippen LogP contribution in [0.5, 0.6) is 11.5 Å². The molecule has 0 bridgehead atoms. The van der Waals surface area contributed by atoms with Crippen LogP contribution in [0.15, 0.2) is 78.9 Å². The monoisotopic (exact) mass is 360 g/mol. The van der Waals surface area contributed by atoms with Gasteiger partial charge in [0.1, 0.15) is 11.5 Å². The molecule has 0 unspecified atom stereocenters. The van der Waals surface area contributed by atoms with Crippen LogP contribution in [0.4, 0.5) is 11.4 Å². The molecule has 0 amide bonds. The van der Waals surface area contributed by atoms with Crippen LogP contribution in [0.1, 0.15) is 0 Å². The molecular weight excluding hydrogens is 347 g/mol. The van der Waals surface area contributed by atoms with E-state index >= 15 is 0 Å². The van der Waals surface area contributed by atoms with E-state index in [0.717, 1.165) is 0 Å². The lowest BCUT2D eigenvalue weighted by atomic mass is 10.3. The quantitative estimate of drug-likeness (QED) is 0.429. The van der Waals surface area contributed by atoms with Gasteiger partial charge in [-0.3, -0.25) is 0 Å². The van der Waals surface area contributed by atoms with E-state index in [1.807, 2.05) is 0 Å². The maximum Gasteiger partial charge on any atom is 0.460 e. The van der Waals surface area contributed by atoms with Crippen molar-refractivity contribution in [2.75, 3.05) is 0 Å². The number of nitrogens with zero attached hydrogens (tertiary/aromatic N) is 2. The van der Waals surface area contributed by atoms with Gasteiger partial charge in [0.05, 0.1) is 18.4 Å². The van der Waals surface area contributed by atoms with Crippen LogP contribution in [-0.2, 0) is 4.57 Å². The maximum atomic E-state index is 13.6. The number of hydrogen-bond donors (Lipinski definition) is 0. The van der Waals surface area contributed by atoms with Crippen LogP contribution in [-0.4, -0.2) is 0 Å². The molecule has 3 aromatic carbocycles. The fourth-order valence-corrected chi connectivity index (χ4v) is 3.86. The Balaban J connectivity index is 2.08. The third-order valence-electron chi connectivity index (χ3n) is 3.48. The summed E-state index contributed by atoms with van der Waals surface area (Å²) in [5.41, 5.74) is 0.455. The zero-order chi connectivity index (χ0) is 18.4. The zero-order valence-corrected chi connectivity index (χ0v) is 14.5. The largest absolute Gasteiger partial charge is 0.460 e. The van der Waals surface area contributed by atoms with Gasteiger partial charge in [-0.15, -0.1) is 0 Å². The van der Waals surface area contributed by atoms with E-state index in [0.29, 0.717) is 5.30 Å². The van der Waals surface area contributed by atoms with Crippen molar-refractivity contribution in [2.45, 2.75) is 0 Å². The van der Waals surface area contributed by atoms with Crippen molar-refractivity contribution >= 4 is 24.3 Å². The van der Waals surface area contributed by atoms with Gasteiger partial charge in [0, 0.05) is 0 Å². The Morgan fingerprint density at radius 2 is 1.08 bits per heavy atom. The second-order valence-electron chi connectivity index (χ2n) is 5.17. The molecule has 0 saturated carbocycles. The molecule has 26 heavy (non-hydrogen) atoms. The first kappa shape index (κ1) is 17.3. The van der Waals surface area contributed by atoms with E-state index in [-0.39, 0.29) is 22.9 Å². The van der Waals surface area contributed by atoms with Gasteiger partial charge in [0.25, 0.3) is 0 Å². The summed E-state index contributed by atoms with van der Waals surface area (Å²) in [5, 5.41) is 0.333. The van der Waals surface area contributed by atoms with Gasteiger partial charge in [0.15, 0.2) is 0 Å². The summed E-state index contributed by atoms with van der Waals surface area (Å²) in [6.07, 6.45) is 0. The minimum absolute atomic E-state index is 0.162. The molecule has 0 atom stereocenters. The molecule has 0 aliphatic heterocycles. The van der Waals surface area contributed by atoms with E-state index < -0.39 is 7.60 Å². The predicted molar refractivity (Wildman–Crippen MR) is 100 cm³/mol. The van der Waals surface area contributed by atoms with Gasteiger partial charge >= 0.3 is 7.60 Å². The van der Waals surface area contributed by atoms with Gasteiger partial charge in [-0.25, -0.2) is 14.3 Å². The predicted octanol–water partition coefficient (Wildman–Crippen LogP) is 5.76. The summed E-state index contributed by atoms with van der Waals surface area (Å²) in [6.45, 7) is 14.5. The van der Waals surface area contributed by atoms with Crippen LogP contribution < -0.4 is 14.4 Å². The summed E-state index contributed by atoms with van der Waals surface area (Å²) in [4.78, 5) is 6.78. The summed E-state index contributed by atoms with van der Waals surface area (Å²) in [6, 6.07) is 21.5. The molecule has 3 aromatic rings. The van der Waals surface area contributed by atoms with Gasteiger partial charge in [0.2, 0.25) is 11.4 Å². The van der Waals surface area contributed by atoms with E-state index in [1.165, 1.54) is 0 Å². The lowest BCUT2D eigenvalue weighted by Crippen LogP contribution is -2.14. The molecule has 0 N–H and O–H groups in total. The SMILES string of the molecule is [C-]#[N+]c1ccccc1OP(=O)(Oc1ccccc1[N+]#[C-])c1ccccc1. The molecule has 0 saturated heterocycles. The molecular formula is C20H13N2O3P. The van der Waals surface area contributed by atoms with Crippen LogP contribution in [0.3, 0.4) is 0 Å². The number of benzene rings is 3. The highest BCUT2D eigenvalue weighted by Gasteiger charge is 2.32. The van der Waals surface area contributed by atoms with Crippen molar-refractivity contribution in [2.24, 2.45) is 0 Å². The highest BCUT2D eigenvalue weighted by molar-refractivity contribution is 7.63. The van der Waals surface area contributed by atoms with Gasteiger partial charge in [-0.05, 0) is 24.3 Å². The second kappa shape index (κ2) is 7.57. The zero-order valence-electron chi connectivity index (χ0n) is 13.6. The fourth-order valence-electron chi connectivity index (χ4n) is 2.25. The van der Waals surface area contributed by atoms with E-state index in [1.54, 1.807) is 78.9 Å². The van der Waals surface area contributed by atoms with E-state index in [9.17, 15) is 4.57 Å². The van der Waals surface area contributed by atoms with Crippen LogP contribution in [0, 0.1) is 13.1 Å². The third-order valence-corrected chi connectivity index (χ3v) is 5.29. The molecule has 0 radical (unpaired) electrons. The average molecular weight is 360 g/mol. The first-order valence-electron chi connectivity index (χ1n) is 7.64. The summed E-state index contributed by atoms with van der Waals surface area (Å²) >= 11 is 0. The topological polar surface area (TPSA) is 44.2 Å². The molecule has 5 nitrogen and oxygen atoms in total. The molecule has 126 valence electrons. The van der Waals surface area contributed by atoms with Crippen molar-refractivity contribution in [1.29, 1.82) is 0 Å². The van der Waals surface area contributed by atoms with E-state index in [2.05, 4.69) is 9.69 Å². The molecule has 6 heteroatoms. The number of hydrogen-bond acceptors (Lipinski definition) is 3. The van der Waals surface area contributed by atoms with Crippen LogP contribution in [0.2, 0.25) is 0 Å². The van der Waals surface area contributed by atoms with Crippen molar-refractivity contribution in [1.82, 2.24) is 0 Å². The molecule has 0 aliphatic rings. The Labute approximate surface area is 151 Å². The van der Waals surface area contributed by atoms with Crippen molar-refractivity contribution in [3.63, 3.8) is 0 Å². The first-order chi connectivity index (χ1) is 12.7. The van der Waals surface area contributed by atoms with Gasteiger partial charge in [-0.1, -0.05) is 54.6 Å². The van der Waals surface area contributed by atoms with Crippen molar-refractivity contribution in [3.8, 4) is 11.5 Å². The highest BCUT2D eigenvalue weighted by atomic mass is 31.2. The smallest absolute Gasteiger partial charge is 0.425 e. The summed E-state index contributed by atoms with van der Waals surface area (Å²) in [5.74, 6) is 0.324. The lowest BCUT2D eigenvalue weighted by molar-refractivity contribution is 0.401. The summed E-state index contributed by atoms with van der Waals surface area (Å²) in [7, 11) is -3.88. The Kier molecular flexibility index (Phi) is 5.04. The van der Waals surface area contributed by atoms with Crippen molar-refractivity contribution < 1.29 is 13.6 Å². The molecule has 0 fully saturated rings. The normalized spacial score (nSPS) is 10.4. The van der Waals surface area contributed by atoms with Gasteiger partial charge < -0.3 is 9.05 Å². The van der Waals surface area contributed by atoms with Crippen LogP contribution >= 0.6 is 7.60 Å². The average Bonchev–Trinajstić information content (AvgIpc) is 2.69. The Morgan fingerprint density at radius 3 is 1.54 bits per heavy atom. The maximum absolute atomic E-state index is 13.6. The molecule has 0 aliphatic carbocycles. The number of para-hydroxylation sites is 4. The fraction of sp³-hybridized carbons (Fsp3) is 0. The highest BCUT2D eigenvalue weighted by Crippen LogP contribution is 2.51. The Hall–Kier alpha value is -3.53. The molecule has 0 aromatic heterocycles. The third kappa shape index (κ3) is 3.59. The van der Waals surface area contributed by atoms with E-state index in [4.69, 9.17) is 22.2 Å². The number of rotatable bonds is 5. The minimum Gasteiger partial charge on any atom is -0.425 e. The molecule has 0 spiro atoms.